The Morgan fingerprint density at radius 3 is 2.63 bits per heavy atom. The predicted molar refractivity (Wildman–Crippen MR) is 111 cm³/mol. The molecule has 4 N–H and O–H groups in total. The lowest BCUT2D eigenvalue weighted by Gasteiger charge is -2.19. The molecule has 10 heteroatoms. The van der Waals surface area contributed by atoms with Crippen LogP contribution in [-0.2, 0) is 11.2 Å². The highest BCUT2D eigenvalue weighted by molar-refractivity contribution is 7.22. The number of halogens is 3. The molecule has 0 aliphatic rings. The van der Waals surface area contributed by atoms with Gasteiger partial charge in [-0.2, -0.15) is 0 Å². The maximum absolute atomic E-state index is 12.8. The number of alkyl halides is 3. The first-order valence-electron chi connectivity index (χ1n) is 9.20. The molecule has 2 atom stereocenters. The van der Waals surface area contributed by atoms with Crippen molar-refractivity contribution in [1.82, 2.24) is 10.3 Å². The Hall–Kier alpha value is -2.69. The van der Waals surface area contributed by atoms with Gasteiger partial charge in [0.2, 0.25) is 5.91 Å². The minimum atomic E-state index is -4.77. The molecule has 0 saturated carbocycles. The first-order chi connectivity index (χ1) is 14.2. The third-order valence-corrected chi connectivity index (χ3v) is 5.04. The van der Waals surface area contributed by atoms with E-state index in [1.54, 1.807) is 0 Å². The zero-order valence-corrected chi connectivity index (χ0v) is 16.9. The Morgan fingerprint density at radius 1 is 1.23 bits per heavy atom. The van der Waals surface area contributed by atoms with Crippen molar-refractivity contribution in [3.8, 4) is 5.75 Å². The highest BCUT2D eigenvalue weighted by Gasteiger charge is 2.31. The van der Waals surface area contributed by atoms with E-state index >= 15 is 0 Å². The molecular weight excluding hydrogens is 417 g/mol. The summed E-state index contributed by atoms with van der Waals surface area (Å²) in [6, 6.07) is 12.7. The number of nitrogens with two attached hydrogens (primary N) is 1. The van der Waals surface area contributed by atoms with E-state index in [2.05, 4.69) is 20.4 Å². The smallest absolute Gasteiger partial charge is 0.406 e. The summed E-state index contributed by atoms with van der Waals surface area (Å²) in [7, 11) is 0. The monoisotopic (exact) mass is 438 g/mol. The molecule has 3 aromatic rings. The number of nitrogens with one attached hydrogen (secondary N) is 2. The molecule has 160 valence electrons. The van der Waals surface area contributed by atoms with Gasteiger partial charge in [-0.25, -0.2) is 4.98 Å². The predicted octanol–water partition coefficient (Wildman–Crippen LogP) is 3.68. The minimum Gasteiger partial charge on any atom is -0.406 e. The minimum absolute atomic E-state index is 0.134. The molecule has 1 amide bonds. The number of benzene rings is 2. The summed E-state index contributed by atoms with van der Waals surface area (Å²) in [6.45, 7) is 2.28. The fourth-order valence-electron chi connectivity index (χ4n) is 2.78. The van der Waals surface area contributed by atoms with Gasteiger partial charge >= 0.3 is 6.36 Å². The molecule has 30 heavy (non-hydrogen) atoms. The zero-order valence-electron chi connectivity index (χ0n) is 16.1. The maximum atomic E-state index is 12.8. The molecule has 0 saturated heterocycles. The summed E-state index contributed by atoms with van der Waals surface area (Å²) in [6.07, 6.45) is -4.32. The number of carbonyl (C=O) groups excluding carboxylic acids is 1. The molecule has 0 aliphatic heterocycles. The zero-order chi connectivity index (χ0) is 21.7. The van der Waals surface area contributed by atoms with E-state index in [9.17, 15) is 18.0 Å². The van der Waals surface area contributed by atoms with Crippen LogP contribution in [0.1, 0.15) is 12.5 Å². The van der Waals surface area contributed by atoms with Crippen molar-refractivity contribution < 1.29 is 22.7 Å². The van der Waals surface area contributed by atoms with Gasteiger partial charge in [-0.3, -0.25) is 4.79 Å². The molecule has 1 heterocycles. The second kappa shape index (κ2) is 9.41. The quantitative estimate of drug-likeness (QED) is 0.499. The van der Waals surface area contributed by atoms with Crippen molar-refractivity contribution in [1.29, 1.82) is 0 Å². The number of aromatic nitrogens is 1. The first kappa shape index (κ1) is 22.0. The molecule has 0 fully saturated rings. The normalized spacial score (nSPS) is 13.8. The van der Waals surface area contributed by atoms with Crippen molar-refractivity contribution in [2.45, 2.75) is 31.8 Å². The van der Waals surface area contributed by atoms with Gasteiger partial charge in [-0.05, 0) is 31.0 Å². The summed E-state index contributed by atoms with van der Waals surface area (Å²) < 4.78 is 41.6. The third-order valence-electron chi connectivity index (χ3n) is 4.11. The first-order valence-corrected chi connectivity index (χ1v) is 10.0. The highest BCUT2D eigenvalue weighted by atomic mass is 32.1. The van der Waals surface area contributed by atoms with E-state index in [0.717, 1.165) is 16.9 Å². The van der Waals surface area contributed by atoms with Gasteiger partial charge in [0.25, 0.3) is 0 Å². The number of carbonyl (C=O) groups is 1. The third kappa shape index (κ3) is 6.41. The number of anilines is 1. The van der Waals surface area contributed by atoms with Crippen molar-refractivity contribution in [2.75, 3.05) is 11.9 Å². The Kier molecular flexibility index (Phi) is 6.91. The standard InChI is InChI=1S/C20H21F3N4O2S/c1-12(24)11-25-16(9-13-5-3-2-4-6-13)18(28)27-19-26-15-8-7-14(10-17(15)30-19)29-20(21,22)23/h2-8,10,12,16,25H,9,11,24H2,1H3,(H,26,27,28)/t12-,16-/m0/s1. The van der Waals surface area contributed by atoms with Crippen LogP contribution >= 0.6 is 11.3 Å². The number of amides is 1. The van der Waals surface area contributed by atoms with Crippen LogP contribution in [0.4, 0.5) is 18.3 Å². The summed E-state index contributed by atoms with van der Waals surface area (Å²) in [4.78, 5) is 17.1. The van der Waals surface area contributed by atoms with E-state index in [-0.39, 0.29) is 17.7 Å². The highest BCUT2D eigenvalue weighted by Crippen LogP contribution is 2.31. The summed E-state index contributed by atoms with van der Waals surface area (Å²) in [5, 5.41) is 6.19. The van der Waals surface area contributed by atoms with Crippen LogP contribution in [0, 0.1) is 0 Å². The molecule has 1 aromatic heterocycles. The molecular formula is C20H21F3N4O2S. The molecule has 0 unspecified atom stereocenters. The topological polar surface area (TPSA) is 89.3 Å². The van der Waals surface area contributed by atoms with Gasteiger partial charge in [-0.1, -0.05) is 41.7 Å². The lowest BCUT2D eigenvalue weighted by Crippen LogP contribution is -2.46. The summed E-state index contributed by atoms with van der Waals surface area (Å²) in [5.41, 5.74) is 7.24. The van der Waals surface area contributed by atoms with Gasteiger partial charge in [0, 0.05) is 18.7 Å². The molecule has 0 spiro atoms. The van der Waals surface area contributed by atoms with Crippen LogP contribution in [0.15, 0.2) is 48.5 Å². The molecule has 0 aliphatic carbocycles. The van der Waals surface area contributed by atoms with Crippen LogP contribution < -0.4 is 21.1 Å². The van der Waals surface area contributed by atoms with Crippen molar-refractivity contribution in [2.24, 2.45) is 5.73 Å². The number of fused-ring (bicyclic) bond motifs is 1. The average Bonchev–Trinajstić information content (AvgIpc) is 3.05. The van der Waals surface area contributed by atoms with E-state index in [1.807, 2.05) is 37.3 Å². The Bertz CT molecular complexity index is 993. The van der Waals surface area contributed by atoms with E-state index in [4.69, 9.17) is 5.73 Å². The van der Waals surface area contributed by atoms with Gasteiger partial charge in [0.15, 0.2) is 5.13 Å². The fourth-order valence-corrected chi connectivity index (χ4v) is 3.68. The SMILES string of the molecule is C[C@H](N)CN[C@@H](Cc1ccccc1)C(=O)Nc1nc2ccc(OC(F)(F)F)cc2s1. The lowest BCUT2D eigenvalue weighted by molar-refractivity contribution is -0.274. The van der Waals surface area contributed by atoms with Crippen LogP contribution in [0.25, 0.3) is 10.2 Å². The second-order valence-electron chi connectivity index (χ2n) is 6.81. The number of ether oxygens (including phenoxy) is 1. The van der Waals surface area contributed by atoms with Crippen molar-refractivity contribution in [3.05, 3.63) is 54.1 Å². The van der Waals surface area contributed by atoms with E-state index in [1.165, 1.54) is 18.2 Å². The summed E-state index contributed by atoms with van der Waals surface area (Å²) in [5.74, 6) is -0.637. The molecule has 0 radical (unpaired) electrons. The van der Waals surface area contributed by atoms with Gasteiger partial charge in [-0.15, -0.1) is 13.2 Å². The largest absolute Gasteiger partial charge is 0.573 e. The van der Waals surface area contributed by atoms with Crippen molar-refractivity contribution >= 4 is 32.6 Å². The van der Waals surface area contributed by atoms with Gasteiger partial charge < -0.3 is 21.1 Å². The van der Waals surface area contributed by atoms with Crippen LogP contribution in [0.2, 0.25) is 0 Å². The number of rotatable bonds is 8. The Balaban J connectivity index is 1.74. The van der Waals surface area contributed by atoms with Crippen LogP contribution in [0.5, 0.6) is 5.75 Å². The average molecular weight is 438 g/mol. The lowest BCUT2D eigenvalue weighted by atomic mass is 10.1. The van der Waals surface area contributed by atoms with Crippen LogP contribution in [0.3, 0.4) is 0 Å². The number of nitrogens with zero attached hydrogens (tertiary/aromatic N) is 1. The van der Waals surface area contributed by atoms with E-state index in [0.29, 0.717) is 28.3 Å². The van der Waals surface area contributed by atoms with Gasteiger partial charge in [0.1, 0.15) is 5.75 Å². The summed E-state index contributed by atoms with van der Waals surface area (Å²) >= 11 is 1.07. The molecule has 2 aromatic carbocycles. The Labute approximate surface area is 175 Å². The van der Waals surface area contributed by atoms with Crippen molar-refractivity contribution in [3.63, 3.8) is 0 Å². The molecule has 3 rings (SSSR count). The van der Waals surface area contributed by atoms with Gasteiger partial charge in [0.05, 0.1) is 16.3 Å². The number of thiazole rings is 1. The Morgan fingerprint density at radius 2 is 1.97 bits per heavy atom. The fraction of sp³-hybridized carbons (Fsp3) is 0.300. The molecule has 0 bridgehead atoms. The second-order valence-corrected chi connectivity index (χ2v) is 7.84. The number of hydrogen-bond acceptors (Lipinski definition) is 6. The van der Waals surface area contributed by atoms with E-state index < -0.39 is 12.4 Å². The molecule has 6 nitrogen and oxygen atoms in total. The number of hydrogen-bond donors (Lipinski definition) is 3. The van der Waals surface area contributed by atoms with Crippen LogP contribution in [-0.4, -0.2) is 35.9 Å². The maximum Gasteiger partial charge on any atom is 0.573 e.